The molecule has 3 aliphatic rings. The van der Waals surface area contributed by atoms with Gasteiger partial charge in [-0.1, -0.05) is 29.8 Å². The smallest absolute Gasteiger partial charge is 0.278 e. The molecule has 5 heterocycles. The Morgan fingerprint density at radius 1 is 1.24 bits per heavy atom. The van der Waals surface area contributed by atoms with Crippen LogP contribution in [-0.4, -0.2) is 46.0 Å². The standard InChI is InChI=1S/C31H29ClFN3O4S/c1-18(37)27-15-25-30(41-27)36(16-21-10-13-38-21)28(34-25)17-35-11-8-19(9-12-35)22-4-3-5-26-29(22)40-31(2,39-26)23-7-6-20(32)14-24(23)33/h3-8,14-15,21H,9-13,16-17H2,1-2H3/t21-,31-/m0/s1. The van der Waals surface area contributed by atoms with Gasteiger partial charge >= 0.3 is 0 Å². The van der Waals surface area contributed by atoms with Crippen molar-refractivity contribution in [3.63, 3.8) is 0 Å². The van der Waals surface area contributed by atoms with E-state index >= 15 is 0 Å². The Kier molecular flexibility index (Phi) is 6.65. The van der Waals surface area contributed by atoms with Crippen LogP contribution in [0, 0.1) is 5.82 Å². The first-order chi connectivity index (χ1) is 19.8. The predicted octanol–water partition coefficient (Wildman–Crippen LogP) is 6.82. The number of Topliss-reactive ketones (excluding diaryl/α,β-unsaturated/α-hetero) is 1. The number of aromatic nitrogens is 2. The third kappa shape index (κ3) is 4.84. The van der Waals surface area contributed by atoms with Gasteiger partial charge in [0.2, 0.25) is 0 Å². The SMILES string of the molecule is CC(=O)c1cc2nc(CN3CC=C(c4cccc5c4O[C@@](C)(c4ccc(Cl)cc4F)O5)CC3)n(C[C@@H]3CCO3)c2s1. The Labute approximate surface area is 246 Å². The van der Waals surface area contributed by atoms with E-state index in [0.717, 1.165) is 65.7 Å². The fourth-order valence-corrected chi connectivity index (χ4v) is 6.90. The molecule has 0 bridgehead atoms. The average molecular weight is 594 g/mol. The molecule has 2 aromatic heterocycles. The highest BCUT2D eigenvalue weighted by Gasteiger charge is 2.42. The van der Waals surface area contributed by atoms with Crippen molar-refractivity contribution < 1.29 is 23.4 Å². The Hall–Kier alpha value is -3.24. The number of halogens is 2. The van der Waals surface area contributed by atoms with Gasteiger partial charge in [-0.15, -0.1) is 11.3 Å². The highest BCUT2D eigenvalue weighted by atomic mass is 35.5. The van der Waals surface area contributed by atoms with Gasteiger partial charge in [0.1, 0.15) is 22.0 Å². The monoisotopic (exact) mass is 593 g/mol. The van der Waals surface area contributed by atoms with Crippen LogP contribution < -0.4 is 9.47 Å². The number of rotatable bonds is 7. The molecule has 4 aromatic rings. The number of thiophene rings is 1. The maximum Gasteiger partial charge on any atom is 0.278 e. The lowest BCUT2D eigenvalue weighted by Crippen LogP contribution is -2.33. The topological polar surface area (TPSA) is 65.8 Å². The zero-order valence-corrected chi connectivity index (χ0v) is 24.4. The zero-order chi connectivity index (χ0) is 28.3. The molecule has 2 aromatic carbocycles. The van der Waals surface area contributed by atoms with E-state index in [1.807, 2.05) is 24.3 Å². The van der Waals surface area contributed by atoms with Crippen LogP contribution in [0.2, 0.25) is 5.02 Å². The van der Waals surface area contributed by atoms with Crippen LogP contribution in [-0.2, 0) is 23.6 Å². The molecule has 1 saturated heterocycles. The van der Waals surface area contributed by atoms with Gasteiger partial charge in [-0.25, -0.2) is 9.37 Å². The molecule has 0 N–H and O–H groups in total. The Balaban J connectivity index is 1.11. The molecule has 0 radical (unpaired) electrons. The molecule has 41 heavy (non-hydrogen) atoms. The summed E-state index contributed by atoms with van der Waals surface area (Å²) in [6.07, 6.45) is 4.27. The molecule has 0 saturated carbocycles. The molecule has 0 unspecified atom stereocenters. The second-order valence-corrected chi connectivity index (χ2v) is 12.4. The second kappa shape index (κ2) is 10.2. The van der Waals surface area contributed by atoms with E-state index in [1.165, 1.54) is 23.0 Å². The Morgan fingerprint density at radius 2 is 2.10 bits per heavy atom. The molecular weight excluding hydrogens is 565 g/mol. The molecule has 0 amide bonds. The summed E-state index contributed by atoms with van der Waals surface area (Å²) in [5, 5.41) is 0.322. The van der Waals surface area contributed by atoms with Crippen LogP contribution in [0.1, 0.15) is 53.3 Å². The van der Waals surface area contributed by atoms with Gasteiger partial charge in [-0.05, 0) is 55.7 Å². The summed E-state index contributed by atoms with van der Waals surface area (Å²) in [6, 6.07) is 12.2. The summed E-state index contributed by atoms with van der Waals surface area (Å²) in [6.45, 7) is 7.17. The maximum absolute atomic E-state index is 14.8. The minimum absolute atomic E-state index is 0.0649. The number of carbonyl (C=O) groups excluding carboxylic acids is 1. The highest BCUT2D eigenvalue weighted by molar-refractivity contribution is 7.20. The van der Waals surface area contributed by atoms with Crippen molar-refractivity contribution in [2.45, 2.75) is 51.7 Å². The van der Waals surface area contributed by atoms with Crippen LogP contribution in [0.4, 0.5) is 4.39 Å². The van der Waals surface area contributed by atoms with E-state index in [0.29, 0.717) is 28.6 Å². The number of ether oxygens (including phenoxy) is 3. The van der Waals surface area contributed by atoms with Crippen molar-refractivity contribution in [3.05, 3.63) is 81.2 Å². The fourth-order valence-electron chi connectivity index (χ4n) is 5.72. The quantitative estimate of drug-likeness (QED) is 0.219. The highest BCUT2D eigenvalue weighted by Crippen LogP contribution is 2.49. The predicted molar refractivity (Wildman–Crippen MR) is 156 cm³/mol. The molecule has 212 valence electrons. The van der Waals surface area contributed by atoms with Crippen molar-refractivity contribution in [1.29, 1.82) is 0 Å². The first-order valence-electron chi connectivity index (χ1n) is 13.8. The molecule has 0 aliphatic carbocycles. The number of fused-ring (bicyclic) bond motifs is 2. The van der Waals surface area contributed by atoms with Crippen LogP contribution in [0.15, 0.2) is 48.5 Å². The Morgan fingerprint density at radius 3 is 2.80 bits per heavy atom. The summed E-state index contributed by atoms with van der Waals surface area (Å²) in [5.74, 6) is 0.517. The summed E-state index contributed by atoms with van der Waals surface area (Å²) in [4.78, 5) is 21.0. The summed E-state index contributed by atoms with van der Waals surface area (Å²) in [7, 11) is 0. The third-order valence-electron chi connectivity index (χ3n) is 8.03. The van der Waals surface area contributed by atoms with E-state index in [9.17, 15) is 9.18 Å². The van der Waals surface area contributed by atoms with Crippen LogP contribution in [0.5, 0.6) is 11.5 Å². The van der Waals surface area contributed by atoms with Gasteiger partial charge < -0.3 is 18.8 Å². The van der Waals surface area contributed by atoms with Gasteiger partial charge in [0.25, 0.3) is 5.79 Å². The minimum atomic E-state index is -1.29. The molecule has 3 aliphatic heterocycles. The number of imidazole rings is 1. The average Bonchev–Trinajstić information content (AvgIpc) is 3.57. The summed E-state index contributed by atoms with van der Waals surface area (Å²) in [5.41, 5.74) is 3.30. The van der Waals surface area contributed by atoms with Crippen LogP contribution in [0.25, 0.3) is 15.9 Å². The van der Waals surface area contributed by atoms with Gasteiger partial charge in [0, 0.05) is 37.2 Å². The van der Waals surface area contributed by atoms with E-state index < -0.39 is 11.6 Å². The number of ketones is 1. The lowest BCUT2D eigenvalue weighted by Gasteiger charge is -2.29. The van der Waals surface area contributed by atoms with Gasteiger partial charge in [0.15, 0.2) is 17.3 Å². The van der Waals surface area contributed by atoms with Crippen molar-refractivity contribution in [1.82, 2.24) is 14.5 Å². The number of nitrogens with zero attached hydrogens (tertiary/aromatic N) is 3. The van der Waals surface area contributed by atoms with Gasteiger partial charge in [0.05, 0.1) is 29.6 Å². The van der Waals surface area contributed by atoms with Gasteiger partial charge in [-0.3, -0.25) is 9.69 Å². The maximum atomic E-state index is 14.8. The minimum Gasteiger partial charge on any atom is -0.444 e. The number of benzene rings is 2. The molecule has 1 fully saturated rings. The lowest BCUT2D eigenvalue weighted by atomic mass is 9.98. The fraction of sp³-hybridized carbons (Fsp3) is 0.355. The van der Waals surface area contributed by atoms with Crippen molar-refractivity contribution in [2.75, 3.05) is 19.7 Å². The van der Waals surface area contributed by atoms with E-state index in [2.05, 4.69) is 15.5 Å². The first kappa shape index (κ1) is 26.6. The molecule has 0 spiro atoms. The number of hydrogen-bond donors (Lipinski definition) is 0. The van der Waals surface area contributed by atoms with Crippen molar-refractivity contribution >= 4 is 44.6 Å². The van der Waals surface area contributed by atoms with Gasteiger partial charge in [-0.2, -0.15) is 0 Å². The van der Waals surface area contributed by atoms with E-state index in [4.69, 9.17) is 30.8 Å². The first-order valence-corrected chi connectivity index (χ1v) is 15.0. The number of carbonyl (C=O) groups is 1. The number of para-hydroxylation sites is 1. The molecular formula is C31H29ClFN3O4S. The van der Waals surface area contributed by atoms with E-state index in [1.54, 1.807) is 26.0 Å². The molecule has 7 nitrogen and oxygen atoms in total. The zero-order valence-electron chi connectivity index (χ0n) is 22.8. The molecule has 7 rings (SSSR count). The van der Waals surface area contributed by atoms with Crippen molar-refractivity contribution in [2.24, 2.45) is 0 Å². The van der Waals surface area contributed by atoms with Crippen LogP contribution in [0.3, 0.4) is 0 Å². The molecule has 10 heteroatoms. The van der Waals surface area contributed by atoms with Crippen LogP contribution >= 0.6 is 22.9 Å². The summed E-state index contributed by atoms with van der Waals surface area (Å²) < 4.78 is 35.2. The second-order valence-electron chi connectivity index (χ2n) is 10.9. The lowest BCUT2D eigenvalue weighted by molar-refractivity contribution is -0.0708. The third-order valence-corrected chi connectivity index (χ3v) is 9.51. The number of hydrogen-bond acceptors (Lipinski definition) is 7. The normalized spacial score (nSPS) is 22.1. The molecule has 2 atom stereocenters. The van der Waals surface area contributed by atoms with Crippen molar-refractivity contribution in [3.8, 4) is 11.5 Å². The van der Waals surface area contributed by atoms with E-state index in [-0.39, 0.29) is 11.9 Å². The Bertz CT molecular complexity index is 1710. The summed E-state index contributed by atoms with van der Waals surface area (Å²) >= 11 is 7.47. The largest absolute Gasteiger partial charge is 0.444 e.